The van der Waals surface area contributed by atoms with Gasteiger partial charge in [0.1, 0.15) is 0 Å². The van der Waals surface area contributed by atoms with Crippen molar-refractivity contribution in [1.29, 1.82) is 0 Å². The highest BCUT2D eigenvalue weighted by atomic mass is 32.2. The number of carbonyl (C=O) groups excluding carboxylic acids is 1. The predicted octanol–water partition coefficient (Wildman–Crippen LogP) is -1.33. The van der Waals surface area contributed by atoms with Crippen LogP contribution >= 0.6 is 0 Å². The Morgan fingerprint density at radius 3 is 2.50 bits per heavy atom. The molecule has 0 unspecified atom stereocenters. The van der Waals surface area contributed by atoms with Gasteiger partial charge in [-0.05, 0) is 19.0 Å². The van der Waals surface area contributed by atoms with E-state index in [0.29, 0.717) is 12.3 Å². The topological polar surface area (TPSA) is 75.3 Å². The highest BCUT2D eigenvalue weighted by Gasteiger charge is 2.21. The minimum Gasteiger partial charge on any atom is -0.316 e. The maximum Gasteiger partial charge on any atom is 0.233 e. The van der Waals surface area contributed by atoms with E-state index in [1.807, 2.05) is 4.72 Å². The Morgan fingerprint density at radius 2 is 2.17 bits per heavy atom. The van der Waals surface area contributed by atoms with Crippen molar-refractivity contribution in [2.75, 3.05) is 19.3 Å². The molecule has 12 heavy (non-hydrogen) atoms. The lowest BCUT2D eigenvalue weighted by atomic mass is 9.99. The van der Waals surface area contributed by atoms with E-state index in [1.165, 1.54) is 0 Å². The summed E-state index contributed by atoms with van der Waals surface area (Å²) < 4.78 is 23.1. The Morgan fingerprint density at radius 1 is 1.58 bits per heavy atom. The summed E-state index contributed by atoms with van der Waals surface area (Å²) in [5.41, 5.74) is 0. The van der Waals surface area contributed by atoms with Crippen LogP contribution in [-0.2, 0) is 14.8 Å². The molecule has 0 aromatic carbocycles. The summed E-state index contributed by atoms with van der Waals surface area (Å²) in [7, 11) is -3.37. The summed E-state index contributed by atoms with van der Waals surface area (Å²) in [6, 6.07) is 0. The molecular formula is C6H12N2O3S. The van der Waals surface area contributed by atoms with Gasteiger partial charge in [0.25, 0.3) is 0 Å². The molecule has 1 aliphatic rings. The molecule has 0 aromatic heterocycles. The highest BCUT2D eigenvalue weighted by molar-refractivity contribution is 7.89. The second kappa shape index (κ2) is 3.40. The average molecular weight is 192 g/mol. The van der Waals surface area contributed by atoms with E-state index in [0.717, 1.165) is 19.3 Å². The third kappa shape index (κ3) is 3.19. The summed E-state index contributed by atoms with van der Waals surface area (Å²) >= 11 is 0. The predicted molar refractivity (Wildman–Crippen MR) is 44.0 cm³/mol. The molecule has 5 nitrogen and oxygen atoms in total. The van der Waals surface area contributed by atoms with Crippen LogP contribution in [0.4, 0.5) is 0 Å². The molecule has 0 saturated carbocycles. The largest absolute Gasteiger partial charge is 0.316 e. The molecule has 0 bridgehead atoms. The lowest BCUT2D eigenvalue weighted by molar-refractivity contribution is -0.120. The molecule has 0 spiro atoms. The van der Waals surface area contributed by atoms with Crippen molar-refractivity contribution in [2.24, 2.45) is 5.92 Å². The molecule has 1 saturated heterocycles. The number of rotatable bonds is 3. The van der Waals surface area contributed by atoms with Crippen molar-refractivity contribution >= 4 is 15.9 Å². The fourth-order valence-corrected chi connectivity index (χ4v) is 1.50. The van der Waals surface area contributed by atoms with Crippen molar-refractivity contribution in [3.8, 4) is 0 Å². The monoisotopic (exact) mass is 192 g/mol. The summed E-state index contributed by atoms with van der Waals surface area (Å²) in [4.78, 5) is 10.9. The van der Waals surface area contributed by atoms with Gasteiger partial charge in [0.2, 0.25) is 15.9 Å². The first-order chi connectivity index (χ1) is 5.47. The standard InChI is InChI=1S/C6H12N2O3S/c1-12(10,11)8-6(9)2-5-3-7-4-5/h5,7H,2-4H2,1H3,(H,8,9). The van der Waals surface area contributed by atoms with Gasteiger partial charge in [-0.15, -0.1) is 0 Å². The summed E-state index contributed by atoms with van der Waals surface area (Å²) in [6.45, 7) is 1.61. The van der Waals surface area contributed by atoms with Crippen LogP contribution in [0.1, 0.15) is 6.42 Å². The lowest BCUT2D eigenvalue weighted by Crippen LogP contribution is -2.45. The van der Waals surface area contributed by atoms with Crippen LogP contribution in [0.2, 0.25) is 0 Å². The quantitative estimate of drug-likeness (QED) is 0.581. The normalized spacial score (nSPS) is 18.4. The third-order valence-corrected chi connectivity index (χ3v) is 2.24. The number of amides is 1. The minimum atomic E-state index is -3.37. The van der Waals surface area contributed by atoms with Gasteiger partial charge in [-0.2, -0.15) is 0 Å². The molecule has 0 atom stereocenters. The maximum atomic E-state index is 10.9. The van der Waals surface area contributed by atoms with Gasteiger partial charge in [0.05, 0.1) is 6.26 Å². The smallest absolute Gasteiger partial charge is 0.233 e. The molecule has 2 N–H and O–H groups in total. The van der Waals surface area contributed by atoms with Crippen molar-refractivity contribution in [2.45, 2.75) is 6.42 Å². The van der Waals surface area contributed by atoms with Gasteiger partial charge >= 0.3 is 0 Å². The Labute approximate surface area is 71.6 Å². The number of sulfonamides is 1. The number of hydrogen-bond donors (Lipinski definition) is 2. The summed E-state index contributed by atoms with van der Waals surface area (Å²) in [5, 5.41) is 3.00. The van der Waals surface area contributed by atoms with E-state index < -0.39 is 15.9 Å². The van der Waals surface area contributed by atoms with Crippen LogP contribution in [0.25, 0.3) is 0 Å². The summed E-state index contributed by atoms with van der Waals surface area (Å²) in [6.07, 6.45) is 1.27. The van der Waals surface area contributed by atoms with E-state index in [9.17, 15) is 13.2 Å². The van der Waals surface area contributed by atoms with E-state index in [2.05, 4.69) is 5.32 Å². The van der Waals surface area contributed by atoms with E-state index in [-0.39, 0.29) is 0 Å². The van der Waals surface area contributed by atoms with Crippen molar-refractivity contribution in [3.63, 3.8) is 0 Å². The van der Waals surface area contributed by atoms with Crippen molar-refractivity contribution in [3.05, 3.63) is 0 Å². The molecule has 0 aromatic rings. The number of hydrogen-bond acceptors (Lipinski definition) is 4. The van der Waals surface area contributed by atoms with Gasteiger partial charge in [-0.1, -0.05) is 0 Å². The van der Waals surface area contributed by atoms with Gasteiger partial charge < -0.3 is 5.32 Å². The molecule has 0 radical (unpaired) electrons. The maximum absolute atomic E-state index is 10.9. The zero-order valence-electron chi connectivity index (χ0n) is 6.83. The summed E-state index contributed by atoms with van der Waals surface area (Å²) in [5.74, 6) is -0.115. The van der Waals surface area contributed by atoms with Crippen LogP contribution in [0.15, 0.2) is 0 Å². The van der Waals surface area contributed by atoms with Gasteiger partial charge in [-0.25, -0.2) is 8.42 Å². The van der Waals surface area contributed by atoms with Crippen LogP contribution in [0.5, 0.6) is 0 Å². The molecular weight excluding hydrogens is 180 g/mol. The van der Waals surface area contributed by atoms with E-state index in [1.54, 1.807) is 0 Å². The highest BCUT2D eigenvalue weighted by Crippen LogP contribution is 2.07. The Bertz CT molecular complexity index is 269. The zero-order chi connectivity index (χ0) is 9.19. The molecule has 6 heteroatoms. The van der Waals surface area contributed by atoms with Crippen LogP contribution in [0, 0.1) is 5.92 Å². The molecule has 1 heterocycles. The van der Waals surface area contributed by atoms with Crippen LogP contribution in [0.3, 0.4) is 0 Å². The Hall–Kier alpha value is -0.620. The zero-order valence-corrected chi connectivity index (χ0v) is 7.65. The first-order valence-corrected chi connectivity index (χ1v) is 5.58. The van der Waals surface area contributed by atoms with E-state index >= 15 is 0 Å². The fourth-order valence-electron chi connectivity index (χ4n) is 1.00. The van der Waals surface area contributed by atoms with Crippen molar-refractivity contribution < 1.29 is 13.2 Å². The molecule has 1 rings (SSSR count). The molecule has 1 aliphatic heterocycles. The lowest BCUT2D eigenvalue weighted by Gasteiger charge is -2.25. The molecule has 1 fully saturated rings. The van der Waals surface area contributed by atoms with E-state index in [4.69, 9.17) is 0 Å². The van der Waals surface area contributed by atoms with Crippen LogP contribution in [-0.4, -0.2) is 33.7 Å². The third-order valence-electron chi connectivity index (χ3n) is 1.64. The second-order valence-electron chi connectivity index (χ2n) is 3.03. The number of carbonyl (C=O) groups is 1. The molecule has 1 amide bonds. The Balaban J connectivity index is 2.29. The van der Waals surface area contributed by atoms with Gasteiger partial charge in [0.15, 0.2) is 0 Å². The fraction of sp³-hybridized carbons (Fsp3) is 0.833. The molecule has 70 valence electrons. The van der Waals surface area contributed by atoms with Gasteiger partial charge in [0, 0.05) is 6.42 Å². The van der Waals surface area contributed by atoms with Crippen molar-refractivity contribution in [1.82, 2.24) is 10.0 Å². The average Bonchev–Trinajstić information content (AvgIpc) is 1.74. The number of nitrogens with one attached hydrogen (secondary N) is 2. The first-order valence-electron chi connectivity index (χ1n) is 3.69. The molecule has 0 aliphatic carbocycles. The van der Waals surface area contributed by atoms with Gasteiger partial charge in [-0.3, -0.25) is 9.52 Å². The Kier molecular flexibility index (Phi) is 2.69. The van der Waals surface area contributed by atoms with Crippen LogP contribution < -0.4 is 10.0 Å². The minimum absolute atomic E-state index is 0.292. The SMILES string of the molecule is CS(=O)(=O)NC(=O)CC1CNC1. The first kappa shape index (κ1) is 9.47. The second-order valence-corrected chi connectivity index (χ2v) is 4.77.